The Kier molecular flexibility index (Phi) is 7.08. The third-order valence-electron chi connectivity index (χ3n) is 3.48. The first-order valence-corrected chi connectivity index (χ1v) is 8.53. The molecule has 0 saturated carbocycles. The number of hydrogen-bond acceptors (Lipinski definition) is 4. The van der Waals surface area contributed by atoms with Crippen molar-refractivity contribution in [3.8, 4) is 5.75 Å². The van der Waals surface area contributed by atoms with Crippen LogP contribution in [0.25, 0.3) is 0 Å². The Morgan fingerprint density at radius 1 is 1.04 bits per heavy atom. The van der Waals surface area contributed by atoms with Gasteiger partial charge in [-0.05, 0) is 67.1 Å². The first-order chi connectivity index (χ1) is 11.2. The van der Waals surface area contributed by atoms with Gasteiger partial charge in [-0.3, -0.25) is 0 Å². The average molecular weight is 342 g/mol. The highest BCUT2D eigenvalue weighted by Gasteiger charge is 2.04. The molecule has 0 saturated heterocycles. The van der Waals surface area contributed by atoms with E-state index in [1.54, 1.807) is 0 Å². The molecule has 0 N–H and O–H groups in total. The third kappa shape index (κ3) is 5.68. The highest BCUT2D eigenvalue weighted by atomic mass is 32.1. The number of thiocarbonyl (C=S) groups is 2. The number of unbranched alkanes of at least 4 members (excludes halogenated alkanes) is 2. The largest absolute Gasteiger partial charge is 0.445 e. The molecule has 0 bridgehead atoms. The van der Waals surface area contributed by atoms with Gasteiger partial charge in [-0.1, -0.05) is 44.0 Å². The lowest BCUT2D eigenvalue weighted by Crippen LogP contribution is -2.06. The molecular formula is C19H19NOS2. The van der Waals surface area contributed by atoms with Gasteiger partial charge < -0.3 is 4.74 Å². The summed E-state index contributed by atoms with van der Waals surface area (Å²) in [6.07, 6.45) is 4.86. The Labute approximate surface area is 148 Å². The minimum Gasteiger partial charge on any atom is -0.445 e. The van der Waals surface area contributed by atoms with Gasteiger partial charge in [0.15, 0.2) is 5.05 Å². The number of isothiocyanates is 1. The lowest BCUT2D eigenvalue weighted by atomic mass is 10.1. The number of aryl methyl sites for hydroxylation is 1. The first-order valence-electron chi connectivity index (χ1n) is 7.72. The fourth-order valence-electron chi connectivity index (χ4n) is 2.19. The van der Waals surface area contributed by atoms with E-state index >= 15 is 0 Å². The molecule has 118 valence electrons. The Morgan fingerprint density at radius 3 is 2.35 bits per heavy atom. The molecule has 0 spiro atoms. The topological polar surface area (TPSA) is 21.6 Å². The number of hydrogen-bond donors (Lipinski definition) is 0. The van der Waals surface area contributed by atoms with Crippen LogP contribution in [0.2, 0.25) is 0 Å². The van der Waals surface area contributed by atoms with E-state index in [1.807, 2.05) is 36.4 Å². The molecule has 0 amide bonds. The van der Waals surface area contributed by atoms with Crippen molar-refractivity contribution in [3.63, 3.8) is 0 Å². The van der Waals surface area contributed by atoms with Gasteiger partial charge >= 0.3 is 0 Å². The second-order valence-corrected chi connectivity index (χ2v) is 5.79. The number of rotatable bonds is 7. The molecule has 2 nitrogen and oxygen atoms in total. The highest BCUT2D eigenvalue weighted by Crippen LogP contribution is 2.19. The fraction of sp³-hybridized carbons (Fsp3) is 0.263. The molecule has 0 aromatic heterocycles. The summed E-state index contributed by atoms with van der Waals surface area (Å²) in [7, 11) is 0. The van der Waals surface area contributed by atoms with Gasteiger partial charge in [0, 0.05) is 5.56 Å². The maximum atomic E-state index is 5.72. The van der Waals surface area contributed by atoms with Crippen LogP contribution in [0.15, 0.2) is 53.5 Å². The Bertz CT molecular complexity index is 686. The number of benzene rings is 2. The van der Waals surface area contributed by atoms with Crippen molar-refractivity contribution in [2.75, 3.05) is 0 Å². The minimum absolute atomic E-state index is 0.469. The van der Waals surface area contributed by atoms with Crippen LogP contribution < -0.4 is 4.74 Å². The predicted molar refractivity (Wildman–Crippen MR) is 103 cm³/mol. The average Bonchev–Trinajstić information content (AvgIpc) is 2.58. The maximum absolute atomic E-state index is 5.72. The number of aliphatic imine (C=N–C) groups is 1. The van der Waals surface area contributed by atoms with Crippen molar-refractivity contribution in [1.29, 1.82) is 0 Å². The van der Waals surface area contributed by atoms with E-state index in [0.29, 0.717) is 10.8 Å². The molecular weight excluding hydrogens is 322 g/mol. The van der Waals surface area contributed by atoms with E-state index in [9.17, 15) is 0 Å². The smallest absolute Gasteiger partial charge is 0.198 e. The zero-order valence-electron chi connectivity index (χ0n) is 13.1. The van der Waals surface area contributed by atoms with Crippen LogP contribution in [0.1, 0.15) is 37.3 Å². The van der Waals surface area contributed by atoms with Crippen molar-refractivity contribution >= 4 is 40.3 Å². The second-order valence-electron chi connectivity index (χ2n) is 5.24. The standard InChI is InChI=1S/C19H19NOS2/c1-2-3-4-5-15-6-8-16(9-7-15)19(23)21-18-12-10-17(11-13-18)20-14-22/h6-13H,2-5H2,1H3. The fourth-order valence-corrected chi connectivity index (χ4v) is 2.53. The minimum atomic E-state index is 0.469. The predicted octanol–water partition coefficient (Wildman–Crippen LogP) is 5.91. The normalized spacial score (nSPS) is 9.96. The van der Waals surface area contributed by atoms with Crippen molar-refractivity contribution in [3.05, 3.63) is 59.7 Å². The molecule has 2 rings (SSSR count). The summed E-state index contributed by atoms with van der Waals surface area (Å²) in [5.74, 6) is 0.686. The molecule has 2 aromatic carbocycles. The van der Waals surface area contributed by atoms with Crippen LogP contribution in [0.3, 0.4) is 0 Å². The van der Waals surface area contributed by atoms with Crippen LogP contribution in [-0.4, -0.2) is 10.2 Å². The molecule has 23 heavy (non-hydrogen) atoms. The van der Waals surface area contributed by atoms with E-state index in [0.717, 1.165) is 17.7 Å². The van der Waals surface area contributed by atoms with Crippen LogP contribution in [0, 0.1) is 0 Å². The molecule has 0 heterocycles. The summed E-state index contributed by atoms with van der Waals surface area (Å²) in [5, 5.41) is 2.80. The van der Waals surface area contributed by atoms with E-state index in [4.69, 9.17) is 17.0 Å². The van der Waals surface area contributed by atoms with Gasteiger partial charge in [-0.15, -0.1) is 0 Å². The third-order valence-corrected chi connectivity index (χ3v) is 3.89. The quantitative estimate of drug-likeness (QED) is 0.355. The zero-order valence-corrected chi connectivity index (χ0v) is 14.8. The van der Waals surface area contributed by atoms with Gasteiger partial charge in [0.2, 0.25) is 0 Å². The van der Waals surface area contributed by atoms with Gasteiger partial charge in [0.25, 0.3) is 0 Å². The lowest BCUT2D eigenvalue weighted by molar-refractivity contribution is 0.566. The Hall–Kier alpha value is -1.87. The van der Waals surface area contributed by atoms with Crippen LogP contribution >= 0.6 is 24.4 Å². The molecule has 0 radical (unpaired) electrons. The Morgan fingerprint density at radius 2 is 1.74 bits per heavy atom. The van der Waals surface area contributed by atoms with E-state index in [-0.39, 0.29) is 0 Å². The summed E-state index contributed by atoms with van der Waals surface area (Å²) in [4.78, 5) is 3.90. The zero-order chi connectivity index (χ0) is 16.5. The molecule has 0 aliphatic heterocycles. The van der Waals surface area contributed by atoms with Gasteiger partial charge in [0.1, 0.15) is 5.75 Å². The number of nitrogens with zero attached hydrogens (tertiary/aromatic N) is 1. The first kappa shape index (κ1) is 17.5. The van der Waals surface area contributed by atoms with E-state index in [2.05, 4.69) is 41.4 Å². The van der Waals surface area contributed by atoms with Gasteiger partial charge in [-0.25, -0.2) is 0 Å². The van der Waals surface area contributed by atoms with Crippen LogP contribution in [-0.2, 0) is 6.42 Å². The van der Waals surface area contributed by atoms with E-state index in [1.165, 1.54) is 24.8 Å². The molecule has 0 aliphatic rings. The summed E-state index contributed by atoms with van der Waals surface area (Å²) >= 11 is 9.94. The van der Waals surface area contributed by atoms with Crippen molar-refractivity contribution < 1.29 is 4.74 Å². The summed E-state index contributed by atoms with van der Waals surface area (Å²) in [6, 6.07) is 15.6. The monoisotopic (exact) mass is 341 g/mol. The van der Waals surface area contributed by atoms with Crippen molar-refractivity contribution in [2.45, 2.75) is 32.6 Å². The molecule has 0 unspecified atom stereocenters. The van der Waals surface area contributed by atoms with E-state index < -0.39 is 0 Å². The van der Waals surface area contributed by atoms with Crippen LogP contribution in [0.5, 0.6) is 5.75 Å². The van der Waals surface area contributed by atoms with Crippen LogP contribution in [0.4, 0.5) is 5.69 Å². The van der Waals surface area contributed by atoms with Crippen molar-refractivity contribution in [1.82, 2.24) is 0 Å². The second kappa shape index (κ2) is 9.31. The Balaban J connectivity index is 1.95. The molecule has 0 atom stereocenters. The summed E-state index contributed by atoms with van der Waals surface area (Å²) in [6.45, 7) is 2.22. The van der Waals surface area contributed by atoms with Gasteiger partial charge in [0.05, 0.1) is 10.8 Å². The summed E-state index contributed by atoms with van der Waals surface area (Å²) in [5.41, 5.74) is 3.00. The molecule has 4 heteroatoms. The summed E-state index contributed by atoms with van der Waals surface area (Å²) < 4.78 is 5.72. The molecule has 2 aromatic rings. The highest BCUT2D eigenvalue weighted by molar-refractivity contribution is 7.80. The van der Waals surface area contributed by atoms with Crippen molar-refractivity contribution in [2.24, 2.45) is 4.99 Å². The molecule has 0 fully saturated rings. The SMILES string of the molecule is CCCCCc1ccc(C(=S)Oc2ccc(N=C=S)cc2)cc1. The van der Waals surface area contributed by atoms with Gasteiger partial charge in [-0.2, -0.15) is 4.99 Å². The molecule has 0 aliphatic carbocycles. The lowest BCUT2D eigenvalue weighted by Gasteiger charge is -2.08. The maximum Gasteiger partial charge on any atom is 0.198 e. The number of ether oxygens (including phenoxy) is 1.